The first-order chi connectivity index (χ1) is 13.6. The molecule has 3 N–H and O–H groups in total. The average molecular weight is 396 g/mol. The van der Waals surface area contributed by atoms with Gasteiger partial charge in [0.05, 0.1) is 0 Å². The molecular weight excluding hydrogens is 376 g/mol. The number of piperidine rings is 1. The monoisotopic (exact) mass is 396 g/mol. The summed E-state index contributed by atoms with van der Waals surface area (Å²) >= 11 is 1.38. The summed E-state index contributed by atoms with van der Waals surface area (Å²) in [5.74, 6) is 0.748. The van der Waals surface area contributed by atoms with Crippen LogP contribution in [-0.4, -0.2) is 44.0 Å². The molecule has 1 saturated carbocycles. The van der Waals surface area contributed by atoms with Crippen LogP contribution in [0.3, 0.4) is 0 Å². The fraction of sp³-hybridized carbons (Fsp3) is 0.368. The highest BCUT2D eigenvalue weighted by molar-refractivity contribution is 7.19. The zero-order chi connectivity index (χ0) is 19.1. The van der Waals surface area contributed by atoms with E-state index in [2.05, 4.69) is 37.3 Å². The number of carbonyl (C=O) groups is 1. The fourth-order valence-electron chi connectivity index (χ4n) is 4.22. The van der Waals surface area contributed by atoms with E-state index in [1.165, 1.54) is 23.3 Å². The van der Waals surface area contributed by atoms with Crippen molar-refractivity contribution in [1.82, 2.24) is 25.2 Å². The van der Waals surface area contributed by atoms with E-state index in [-0.39, 0.29) is 6.04 Å². The van der Waals surface area contributed by atoms with E-state index in [4.69, 9.17) is 10.5 Å². The Bertz CT molecular complexity index is 962. The lowest BCUT2D eigenvalue weighted by Crippen LogP contribution is -2.64. The van der Waals surface area contributed by atoms with Gasteiger partial charge in [0, 0.05) is 37.1 Å². The van der Waals surface area contributed by atoms with Crippen LogP contribution in [0.5, 0.6) is 10.9 Å². The topological polar surface area (TPSA) is 106 Å². The molecule has 0 unspecified atom stereocenters. The molecule has 2 amide bonds. The molecule has 28 heavy (non-hydrogen) atoms. The van der Waals surface area contributed by atoms with E-state index in [1.54, 1.807) is 12.4 Å². The Hall–Kier alpha value is -2.78. The van der Waals surface area contributed by atoms with Crippen molar-refractivity contribution in [3.8, 4) is 10.9 Å². The second kappa shape index (κ2) is 6.99. The second-order valence-corrected chi connectivity index (χ2v) is 8.24. The molecule has 2 aromatic heterocycles. The van der Waals surface area contributed by atoms with E-state index in [0.29, 0.717) is 22.9 Å². The summed E-state index contributed by atoms with van der Waals surface area (Å²) in [4.78, 5) is 27.1. The van der Waals surface area contributed by atoms with Crippen molar-refractivity contribution in [3.63, 3.8) is 0 Å². The van der Waals surface area contributed by atoms with Crippen molar-refractivity contribution < 1.29 is 9.53 Å². The van der Waals surface area contributed by atoms with Crippen LogP contribution in [0.15, 0.2) is 36.7 Å². The van der Waals surface area contributed by atoms with Gasteiger partial charge in [0.15, 0.2) is 10.5 Å². The minimum Gasteiger partial charge on any atom is -0.431 e. The molecule has 144 valence electrons. The molecule has 9 heteroatoms. The van der Waals surface area contributed by atoms with Crippen LogP contribution in [0.1, 0.15) is 24.8 Å². The van der Waals surface area contributed by atoms with E-state index in [9.17, 15) is 4.79 Å². The molecule has 4 heterocycles. The molecule has 1 aromatic carbocycles. The highest BCUT2D eigenvalue weighted by atomic mass is 32.1. The molecule has 2 aliphatic heterocycles. The molecule has 6 rings (SSSR count). The zero-order valence-electron chi connectivity index (χ0n) is 15.1. The normalized spacial score (nSPS) is 23.9. The number of fused-ring (bicyclic) bond motifs is 3. The molecule has 2 bridgehead atoms. The minimum atomic E-state index is -0.423. The Kier molecular flexibility index (Phi) is 4.33. The van der Waals surface area contributed by atoms with Crippen LogP contribution in [0.25, 0.3) is 10.5 Å². The van der Waals surface area contributed by atoms with Gasteiger partial charge in [-0.15, -0.1) is 0 Å². The van der Waals surface area contributed by atoms with Crippen LogP contribution >= 0.6 is 11.3 Å². The molecule has 3 aliphatic rings. The first-order valence-electron chi connectivity index (χ1n) is 9.30. The third-order valence-corrected chi connectivity index (χ3v) is 6.29. The van der Waals surface area contributed by atoms with Gasteiger partial charge < -0.3 is 15.8 Å². The van der Waals surface area contributed by atoms with Crippen molar-refractivity contribution in [3.05, 3.63) is 42.2 Å². The highest BCUT2D eigenvalue weighted by Gasteiger charge is 2.45. The molecule has 3 aromatic rings. The van der Waals surface area contributed by atoms with E-state index in [1.807, 2.05) is 12.1 Å². The van der Waals surface area contributed by atoms with Gasteiger partial charge in [-0.05, 0) is 37.0 Å². The number of benzene rings is 1. The summed E-state index contributed by atoms with van der Waals surface area (Å²) in [5, 5.41) is 3.39. The maximum absolute atomic E-state index is 11.1. The van der Waals surface area contributed by atoms with E-state index >= 15 is 0 Å². The lowest BCUT2D eigenvalue weighted by molar-refractivity contribution is -0.0458. The number of primary amides is 1. The van der Waals surface area contributed by atoms with Crippen LogP contribution in [0, 0.1) is 0 Å². The summed E-state index contributed by atoms with van der Waals surface area (Å²) in [6.45, 7) is 0.911. The van der Waals surface area contributed by atoms with Crippen molar-refractivity contribution in [2.24, 2.45) is 5.73 Å². The van der Waals surface area contributed by atoms with Gasteiger partial charge >= 0.3 is 6.03 Å². The third kappa shape index (κ3) is 3.38. The minimum absolute atomic E-state index is 0.214. The number of urea groups is 1. The summed E-state index contributed by atoms with van der Waals surface area (Å²) in [5.41, 5.74) is 7.10. The molecule has 3 fully saturated rings. The van der Waals surface area contributed by atoms with Gasteiger partial charge in [-0.2, -0.15) is 4.98 Å². The molecule has 3 atom stereocenters. The van der Waals surface area contributed by atoms with Crippen molar-refractivity contribution in [2.75, 3.05) is 0 Å². The summed E-state index contributed by atoms with van der Waals surface area (Å²) in [6.07, 6.45) is 6.42. The van der Waals surface area contributed by atoms with Gasteiger partial charge in [0.25, 0.3) is 5.19 Å². The number of nitrogens with one attached hydrogen (secondary N) is 1. The van der Waals surface area contributed by atoms with Gasteiger partial charge in [0.2, 0.25) is 0 Å². The van der Waals surface area contributed by atoms with Crippen molar-refractivity contribution in [2.45, 2.75) is 43.9 Å². The standard InChI is InChI=1S/C19H20N6O2S/c20-18(26)23-12-7-13-9-14(8-12)25(13)10-11-1-3-15(4-2-11)27-19-24-16-17(28-19)22-6-5-21-16/h1-6,12-14H,7-10H2,(H3,20,23,26)/t12-,13+,14-. The lowest BCUT2D eigenvalue weighted by Gasteiger charge is -2.55. The quantitative estimate of drug-likeness (QED) is 0.687. The first-order valence-corrected chi connectivity index (χ1v) is 10.1. The lowest BCUT2D eigenvalue weighted by atomic mass is 9.76. The number of nitrogens with zero attached hydrogens (tertiary/aromatic N) is 4. The third-order valence-electron chi connectivity index (χ3n) is 5.46. The van der Waals surface area contributed by atoms with Gasteiger partial charge in [-0.1, -0.05) is 23.5 Å². The molecule has 1 aliphatic carbocycles. The van der Waals surface area contributed by atoms with Crippen LogP contribution in [-0.2, 0) is 6.54 Å². The number of aromatic nitrogens is 3. The van der Waals surface area contributed by atoms with Crippen LogP contribution < -0.4 is 15.8 Å². The number of amides is 2. The molecule has 0 spiro atoms. The van der Waals surface area contributed by atoms with Gasteiger partial charge in [0.1, 0.15) is 5.75 Å². The average Bonchev–Trinajstić information content (AvgIpc) is 3.09. The van der Waals surface area contributed by atoms with Crippen molar-refractivity contribution in [1.29, 1.82) is 0 Å². The maximum Gasteiger partial charge on any atom is 0.312 e. The van der Waals surface area contributed by atoms with E-state index < -0.39 is 6.03 Å². The second-order valence-electron chi connectivity index (χ2n) is 7.30. The number of nitrogens with two attached hydrogens (primary N) is 1. The summed E-state index contributed by atoms with van der Waals surface area (Å²) < 4.78 is 5.85. The van der Waals surface area contributed by atoms with Crippen LogP contribution in [0.2, 0.25) is 0 Å². The van der Waals surface area contributed by atoms with Crippen LogP contribution in [0.4, 0.5) is 4.79 Å². The number of hydrogen-bond acceptors (Lipinski definition) is 7. The summed E-state index contributed by atoms with van der Waals surface area (Å²) in [7, 11) is 0. The Morgan fingerprint density at radius 2 is 1.93 bits per heavy atom. The highest BCUT2D eigenvalue weighted by Crippen LogP contribution is 2.39. The Labute approximate surface area is 165 Å². The van der Waals surface area contributed by atoms with Gasteiger partial charge in [-0.3, -0.25) is 4.90 Å². The largest absolute Gasteiger partial charge is 0.431 e. The fourth-order valence-corrected chi connectivity index (χ4v) is 4.95. The number of ether oxygens (including phenoxy) is 1. The summed E-state index contributed by atoms with van der Waals surface area (Å²) in [6, 6.07) is 8.95. The Morgan fingerprint density at radius 1 is 1.18 bits per heavy atom. The Morgan fingerprint density at radius 3 is 2.64 bits per heavy atom. The zero-order valence-corrected chi connectivity index (χ0v) is 15.9. The van der Waals surface area contributed by atoms with Gasteiger partial charge in [-0.25, -0.2) is 14.8 Å². The SMILES string of the molecule is NC(=O)N[C@H]1C[C@@H]2C[C@H](C1)N2Cc1ccc(Oc2nc3nccnc3s2)cc1. The van der Waals surface area contributed by atoms with Crippen molar-refractivity contribution >= 4 is 27.8 Å². The molecule has 0 radical (unpaired) electrons. The predicted molar refractivity (Wildman–Crippen MR) is 105 cm³/mol. The maximum atomic E-state index is 11.1. The first kappa shape index (κ1) is 17.3. The smallest absolute Gasteiger partial charge is 0.312 e. The molecular formula is C19H20N6O2S. The number of carbonyl (C=O) groups excluding carboxylic acids is 1. The molecule has 8 nitrogen and oxygen atoms in total. The number of rotatable bonds is 5. The van der Waals surface area contributed by atoms with E-state index in [0.717, 1.165) is 30.0 Å². The predicted octanol–water partition coefficient (Wildman–Crippen LogP) is 2.65. The Balaban J connectivity index is 1.20. The number of hydrogen-bond donors (Lipinski definition) is 2. The molecule has 2 saturated heterocycles. The number of thiazole rings is 1.